The number of amides is 1. The average Bonchev–Trinajstić information content (AvgIpc) is 3.03. The molecule has 0 radical (unpaired) electrons. The molecule has 5 aromatic carbocycles. The first kappa shape index (κ1) is 31.0. The number of halogens is 3. The normalized spacial score (nSPS) is 11.1. The van der Waals surface area contributed by atoms with Crippen molar-refractivity contribution in [2.75, 3.05) is 12.4 Å². The third-order valence-electron chi connectivity index (χ3n) is 6.70. The number of rotatable bonds is 10. The van der Waals surface area contributed by atoms with Gasteiger partial charge in [-0.2, -0.15) is 5.26 Å². The fraction of sp³-hybridized carbons (Fsp3) is 0.0857. The molecule has 44 heavy (non-hydrogen) atoms. The van der Waals surface area contributed by atoms with Crippen LogP contribution < -0.4 is 19.5 Å². The quantitative estimate of drug-likeness (QED) is 0.117. The van der Waals surface area contributed by atoms with Gasteiger partial charge in [0.15, 0.2) is 11.5 Å². The number of nitriles is 1. The number of hydrogen-bond donors (Lipinski definition) is 1. The third kappa shape index (κ3) is 7.53. The number of nitrogens with one attached hydrogen (secondary N) is 1. The fourth-order valence-electron chi connectivity index (χ4n) is 4.48. The van der Waals surface area contributed by atoms with Crippen molar-refractivity contribution in [3.8, 4) is 23.3 Å². The third-order valence-corrected chi connectivity index (χ3v) is 7.88. The summed E-state index contributed by atoms with van der Waals surface area (Å²) in [6.45, 7) is 0.588. The van der Waals surface area contributed by atoms with Gasteiger partial charge >= 0.3 is 0 Å². The van der Waals surface area contributed by atoms with Crippen molar-refractivity contribution < 1.29 is 19.0 Å². The number of anilines is 1. The molecule has 1 N–H and O–H groups in total. The van der Waals surface area contributed by atoms with Crippen molar-refractivity contribution in [2.45, 2.75) is 13.2 Å². The highest BCUT2D eigenvalue weighted by molar-refractivity contribution is 9.10. The molecule has 0 aliphatic carbocycles. The molecule has 1 amide bonds. The monoisotopic (exact) mass is 686 g/mol. The zero-order valence-electron chi connectivity index (χ0n) is 23.4. The maximum Gasteiger partial charge on any atom is 0.266 e. The summed E-state index contributed by atoms with van der Waals surface area (Å²) in [6.07, 6.45) is 1.49. The van der Waals surface area contributed by atoms with Crippen LogP contribution in [0.4, 0.5) is 5.69 Å². The Labute approximate surface area is 273 Å². The average molecular weight is 688 g/mol. The molecule has 6 nitrogen and oxygen atoms in total. The molecule has 5 aromatic rings. The summed E-state index contributed by atoms with van der Waals surface area (Å²) in [5.41, 5.74) is 2.84. The van der Waals surface area contributed by atoms with Crippen LogP contribution in [0.2, 0.25) is 10.0 Å². The molecule has 0 aliphatic rings. The van der Waals surface area contributed by atoms with Gasteiger partial charge in [0.1, 0.15) is 30.6 Å². The number of benzene rings is 5. The van der Waals surface area contributed by atoms with Crippen molar-refractivity contribution >= 4 is 67.6 Å². The minimum Gasteiger partial charge on any atom is -0.493 e. The van der Waals surface area contributed by atoms with Gasteiger partial charge in [-0.15, -0.1) is 0 Å². The van der Waals surface area contributed by atoms with Crippen LogP contribution in [-0.4, -0.2) is 13.0 Å². The van der Waals surface area contributed by atoms with Gasteiger partial charge in [0.25, 0.3) is 5.91 Å². The fourth-order valence-corrected chi connectivity index (χ4v) is 5.52. The Morgan fingerprint density at radius 3 is 2.41 bits per heavy atom. The molecule has 0 unspecified atom stereocenters. The minimum atomic E-state index is -0.555. The van der Waals surface area contributed by atoms with Gasteiger partial charge in [-0.1, -0.05) is 71.7 Å². The summed E-state index contributed by atoms with van der Waals surface area (Å²) in [4.78, 5) is 13.0. The van der Waals surface area contributed by atoms with Crippen molar-refractivity contribution in [3.05, 3.63) is 134 Å². The summed E-state index contributed by atoms with van der Waals surface area (Å²) in [7, 11) is 1.54. The largest absolute Gasteiger partial charge is 0.493 e. The molecular weight excluding hydrogens is 663 g/mol. The Morgan fingerprint density at radius 2 is 1.66 bits per heavy atom. The first-order valence-electron chi connectivity index (χ1n) is 13.4. The maximum absolute atomic E-state index is 13.0. The Bertz CT molecular complexity index is 1900. The Balaban J connectivity index is 1.25. The first-order valence-corrected chi connectivity index (χ1v) is 15.0. The lowest BCUT2D eigenvalue weighted by Crippen LogP contribution is -2.13. The Kier molecular flexibility index (Phi) is 10.1. The molecule has 0 atom stereocenters. The van der Waals surface area contributed by atoms with Crippen molar-refractivity contribution in [3.63, 3.8) is 0 Å². The van der Waals surface area contributed by atoms with E-state index in [-0.39, 0.29) is 12.2 Å². The topological polar surface area (TPSA) is 80.6 Å². The predicted molar refractivity (Wildman–Crippen MR) is 178 cm³/mol. The van der Waals surface area contributed by atoms with Crippen molar-refractivity contribution in [1.82, 2.24) is 0 Å². The second-order valence-corrected chi connectivity index (χ2v) is 11.3. The standard InChI is InChI=1S/C35H25BrCl2N2O4/c1-42-33-17-22(16-31(36)34(33)44-20-24-7-4-6-23-5-2-3-8-30(23)24)15-26(19-39)35(41)40-28-11-13-29(14-12-28)43-21-25-9-10-27(37)18-32(25)38/h2-18H,20-21H2,1H3,(H,40,41)/b26-15+. The number of hydrogen-bond acceptors (Lipinski definition) is 5. The molecule has 220 valence electrons. The van der Waals surface area contributed by atoms with E-state index < -0.39 is 5.91 Å². The zero-order chi connectivity index (χ0) is 31.1. The molecule has 0 saturated carbocycles. The van der Waals surface area contributed by atoms with Gasteiger partial charge < -0.3 is 19.5 Å². The van der Waals surface area contributed by atoms with Crippen LogP contribution in [0.1, 0.15) is 16.7 Å². The van der Waals surface area contributed by atoms with Crippen LogP contribution in [0.3, 0.4) is 0 Å². The van der Waals surface area contributed by atoms with E-state index >= 15 is 0 Å². The number of nitrogens with zero attached hydrogens (tertiary/aromatic N) is 1. The number of carbonyl (C=O) groups excluding carboxylic acids is 1. The molecule has 9 heteroatoms. The van der Waals surface area contributed by atoms with E-state index in [0.717, 1.165) is 21.9 Å². The number of carbonyl (C=O) groups is 1. The second-order valence-electron chi connectivity index (χ2n) is 9.63. The van der Waals surface area contributed by atoms with Gasteiger partial charge in [0.05, 0.1) is 11.6 Å². The molecule has 0 aromatic heterocycles. The van der Waals surface area contributed by atoms with Crippen LogP contribution in [-0.2, 0) is 18.0 Å². The van der Waals surface area contributed by atoms with E-state index in [0.29, 0.717) is 49.6 Å². The molecule has 0 aliphatic heterocycles. The SMILES string of the molecule is COc1cc(/C=C(\C#N)C(=O)Nc2ccc(OCc3ccc(Cl)cc3Cl)cc2)cc(Br)c1OCc1cccc2ccccc12. The van der Waals surface area contributed by atoms with Gasteiger partial charge in [-0.3, -0.25) is 4.79 Å². The van der Waals surface area contributed by atoms with Crippen LogP contribution in [0.25, 0.3) is 16.8 Å². The van der Waals surface area contributed by atoms with Gasteiger partial charge in [0.2, 0.25) is 0 Å². The Hall–Kier alpha value is -4.48. The van der Waals surface area contributed by atoms with Crippen molar-refractivity contribution in [1.29, 1.82) is 5.26 Å². The van der Waals surface area contributed by atoms with E-state index in [1.165, 1.54) is 13.2 Å². The number of ether oxygens (including phenoxy) is 3. The molecule has 0 spiro atoms. The van der Waals surface area contributed by atoms with Gasteiger partial charge in [0, 0.05) is 21.3 Å². The number of methoxy groups -OCH3 is 1. The Morgan fingerprint density at radius 1 is 0.909 bits per heavy atom. The van der Waals surface area contributed by atoms with E-state index in [4.69, 9.17) is 37.4 Å². The molecule has 0 saturated heterocycles. The molecule has 0 bridgehead atoms. The lowest BCUT2D eigenvalue weighted by atomic mass is 10.1. The molecular formula is C35H25BrCl2N2O4. The summed E-state index contributed by atoms with van der Waals surface area (Å²) >= 11 is 15.7. The zero-order valence-corrected chi connectivity index (χ0v) is 26.5. The smallest absolute Gasteiger partial charge is 0.266 e. The summed E-state index contributed by atoms with van der Waals surface area (Å²) in [6, 6.07) is 31.7. The summed E-state index contributed by atoms with van der Waals surface area (Å²) < 4.78 is 18.2. The lowest BCUT2D eigenvalue weighted by molar-refractivity contribution is -0.112. The highest BCUT2D eigenvalue weighted by Gasteiger charge is 2.15. The van der Waals surface area contributed by atoms with Gasteiger partial charge in [-0.25, -0.2) is 0 Å². The molecule has 0 fully saturated rings. The van der Waals surface area contributed by atoms with E-state index in [1.54, 1.807) is 54.6 Å². The first-order chi connectivity index (χ1) is 21.3. The second kappa shape index (κ2) is 14.3. The van der Waals surface area contributed by atoms with Crippen LogP contribution in [0.15, 0.2) is 107 Å². The maximum atomic E-state index is 13.0. The summed E-state index contributed by atoms with van der Waals surface area (Å²) in [5, 5.41) is 15.8. The highest BCUT2D eigenvalue weighted by Crippen LogP contribution is 2.38. The minimum absolute atomic E-state index is 0.0823. The van der Waals surface area contributed by atoms with E-state index in [9.17, 15) is 10.1 Å². The summed E-state index contributed by atoms with van der Waals surface area (Å²) in [5.74, 6) is 1.01. The molecule has 5 rings (SSSR count). The van der Waals surface area contributed by atoms with Crippen molar-refractivity contribution in [2.24, 2.45) is 0 Å². The predicted octanol–water partition coefficient (Wildman–Crippen LogP) is 9.62. The van der Waals surface area contributed by atoms with E-state index in [2.05, 4.69) is 39.4 Å². The van der Waals surface area contributed by atoms with Crippen LogP contribution >= 0.6 is 39.1 Å². The van der Waals surface area contributed by atoms with Crippen LogP contribution in [0.5, 0.6) is 17.2 Å². The number of fused-ring (bicyclic) bond motifs is 1. The lowest BCUT2D eigenvalue weighted by Gasteiger charge is -2.15. The van der Waals surface area contributed by atoms with Gasteiger partial charge in [-0.05, 0) is 92.4 Å². The highest BCUT2D eigenvalue weighted by atomic mass is 79.9. The molecule has 0 heterocycles. The van der Waals surface area contributed by atoms with E-state index in [1.807, 2.05) is 30.3 Å². The van der Waals surface area contributed by atoms with Crippen LogP contribution in [0, 0.1) is 11.3 Å².